The number of methoxy groups -OCH3 is 2. The number of esters is 2. The number of anilines is 1. The fraction of sp³-hybridized carbons (Fsp3) is 0.269. The fourth-order valence-corrected chi connectivity index (χ4v) is 10.1. The second-order valence-electron chi connectivity index (χ2n) is 17.6. The van der Waals surface area contributed by atoms with Crippen molar-refractivity contribution in [3.63, 3.8) is 0 Å². The highest BCUT2D eigenvalue weighted by Crippen LogP contribution is 2.41. The average molecular weight is 1030 g/mol. The van der Waals surface area contributed by atoms with Gasteiger partial charge in [-0.1, -0.05) is 113 Å². The summed E-state index contributed by atoms with van der Waals surface area (Å²) < 4.78 is 127. The molecule has 1 aromatic heterocycles. The molecule has 1 heterocycles. The van der Waals surface area contributed by atoms with E-state index in [9.17, 15) is 57.6 Å². The van der Waals surface area contributed by atoms with E-state index in [0.717, 1.165) is 52.8 Å². The van der Waals surface area contributed by atoms with Gasteiger partial charge in [-0.15, -0.1) is 3.71 Å². The van der Waals surface area contributed by atoms with Crippen molar-refractivity contribution in [1.82, 2.24) is 4.98 Å². The average Bonchev–Trinajstić information content (AvgIpc) is 3.32. The summed E-state index contributed by atoms with van der Waals surface area (Å²) in [6.45, 7) is 11.2. The number of rotatable bonds is 9. The van der Waals surface area contributed by atoms with Crippen LogP contribution in [0.3, 0.4) is 0 Å². The summed E-state index contributed by atoms with van der Waals surface area (Å²) in [5, 5.41) is 0. The molecular weight excluding hydrogens is 975 g/mol. The fourth-order valence-electron chi connectivity index (χ4n) is 7.50. The van der Waals surface area contributed by atoms with Crippen molar-refractivity contribution in [2.75, 3.05) is 17.9 Å². The normalized spacial score (nSPS) is 15.2. The van der Waals surface area contributed by atoms with E-state index in [1.54, 1.807) is 24.3 Å². The summed E-state index contributed by atoms with van der Waals surface area (Å²) in [4.78, 5) is 38.1. The molecule has 0 atom stereocenters. The maximum Gasteiger partial charge on any atom is 0.517 e. The number of ketones is 1. The third kappa shape index (κ3) is 12.9. The number of Topliss-reactive ketones (excluding diaryl/α,β-unsaturated/α-hetero) is 1. The molecule has 376 valence electrons. The Kier molecular flexibility index (Phi) is 16.8. The molecule has 7 rings (SSSR count). The van der Waals surface area contributed by atoms with E-state index in [1.165, 1.54) is 36.5 Å². The highest BCUT2D eigenvalue weighted by atomic mass is 32.3. The van der Waals surface area contributed by atoms with E-state index in [2.05, 4.69) is 88.2 Å². The van der Waals surface area contributed by atoms with E-state index in [0.29, 0.717) is 29.8 Å². The van der Waals surface area contributed by atoms with Crippen LogP contribution in [0.5, 0.6) is 0 Å². The van der Waals surface area contributed by atoms with E-state index >= 15 is 0 Å². The van der Waals surface area contributed by atoms with Gasteiger partial charge < -0.3 is 9.47 Å². The molecule has 0 N–H and O–H groups in total. The van der Waals surface area contributed by atoms with E-state index < -0.39 is 40.6 Å². The van der Waals surface area contributed by atoms with Crippen LogP contribution >= 0.6 is 0 Å². The summed E-state index contributed by atoms with van der Waals surface area (Å²) in [5.41, 5.74) is -0.876. The Morgan fingerprint density at radius 2 is 1.04 bits per heavy atom. The molecule has 2 aliphatic rings. The Labute approximate surface area is 408 Å². The number of pyridine rings is 1. The number of allylic oxidation sites excluding steroid dienone is 2. The predicted molar refractivity (Wildman–Crippen MR) is 261 cm³/mol. The summed E-state index contributed by atoms with van der Waals surface area (Å²) in [5.74, 6) is -1.99. The lowest BCUT2D eigenvalue weighted by molar-refractivity contribution is -0.0463. The molecule has 19 heteroatoms. The molecule has 71 heavy (non-hydrogen) atoms. The Morgan fingerprint density at radius 1 is 0.620 bits per heavy atom. The molecule has 0 aliphatic heterocycles. The van der Waals surface area contributed by atoms with Gasteiger partial charge in [-0.05, 0) is 124 Å². The zero-order valence-corrected chi connectivity index (χ0v) is 41.2. The van der Waals surface area contributed by atoms with E-state index in [-0.39, 0.29) is 28.6 Å². The van der Waals surface area contributed by atoms with Crippen LogP contribution in [0.2, 0.25) is 0 Å². The van der Waals surface area contributed by atoms with Crippen LogP contribution in [0, 0.1) is 0 Å². The first-order chi connectivity index (χ1) is 33.0. The molecule has 11 nitrogen and oxygen atoms in total. The van der Waals surface area contributed by atoms with Gasteiger partial charge in [0.2, 0.25) is 0 Å². The molecule has 0 fully saturated rings. The largest absolute Gasteiger partial charge is 0.517 e. The number of alkyl halides is 6. The monoisotopic (exact) mass is 1020 g/mol. The molecule has 0 saturated carbocycles. The Bertz CT molecular complexity index is 3040. The van der Waals surface area contributed by atoms with Gasteiger partial charge in [0, 0.05) is 18.2 Å². The minimum absolute atomic E-state index is 0.0508. The molecular formula is C52H50F6N2O9S2. The van der Waals surface area contributed by atoms with Gasteiger partial charge in [0.25, 0.3) is 0 Å². The lowest BCUT2D eigenvalue weighted by Gasteiger charge is -2.31. The summed E-state index contributed by atoms with van der Waals surface area (Å²) in [6.07, 6.45) is 13.7. The highest BCUT2D eigenvalue weighted by molar-refractivity contribution is 8.11. The van der Waals surface area contributed by atoms with E-state index in [1.807, 2.05) is 42.5 Å². The third-order valence-electron chi connectivity index (χ3n) is 11.6. The van der Waals surface area contributed by atoms with Crippen LogP contribution in [0.1, 0.15) is 124 Å². The van der Waals surface area contributed by atoms with Gasteiger partial charge in [-0.3, -0.25) is 4.79 Å². The highest BCUT2D eigenvalue weighted by Gasteiger charge is 2.62. The number of benzene rings is 4. The lowest BCUT2D eigenvalue weighted by atomic mass is 9.72. The van der Waals surface area contributed by atoms with Gasteiger partial charge in [-0.25, -0.2) is 14.6 Å². The minimum Gasteiger partial charge on any atom is -0.465 e. The van der Waals surface area contributed by atoms with Gasteiger partial charge in [-0.2, -0.15) is 43.2 Å². The maximum atomic E-state index is 12.4. The van der Waals surface area contributed by atoms with Gasteiger partial charge in [0.15, 0.2) is 11.6 Å². The first-order valence-electron chi connectivity index (χ1n) is 21.6. The zero-order chi connectivity index (χ0) is 52.7. The molecule has 0 spiro atoms. The molecule has 0 bridgehead atoms. The molecule has 0 unspecified atom stereocenters. The number of halogens is 6. The van der Waals surface area contributed by atoms with Crippen LogP contribution in [0.25, 0.3) is 29.9 Å². The minimum atomic E-state index is -6.87. The van der Waals surface area contributed by atoms with Gasteiger partial charge >= 0.3 is 43.0 Å². The number of fused-ring (bicyclic) bond motifs is 2. The zero-order valence-electron chi connectivity index (χ0n) is 39.6. The van der Waals surface area contributed by atoms with Crippen LogP contribution in [-0.2, 0) is 40.4 Å². The molecule has 4 aromatic carbocycles. The number of sulfonamides is 2. The van der Waals surface area contributed by atoms with Crippen LogP contribution in [-0.4, -0.2) is 64.8 Å². The number of aromatic nitrogens is 1. The molecule has 0 radical (unpaired) electrons. The first kappa shape index (κ1) is 55.1. The Morgan fingerprint density at radius 3 is 1.46 bits per heavy atom. The number of hydrogen-bond donors (Lipinski definition) is 0. The number of nitrogens with zero attached hydrogens (tertiary/aromatic N) is 2. The molecule has 2 aliphatic carbocycles. The second kappa shape index (κ2) is 21.6. The van der Waals surface area contributed by atoms with Gasteiger partial charge in [0.05, 0.1) is 25.3 Å². The summed E-state index contributed by atoms with van der Waals surface area (Å²) in [6, 6.07) is 29.7. The maximum absolute atomic E-state index is 12.4. The number of ether oxygens (including phenoxy) is 2. The summed E-state index contributed by atoms with van der Waals surface area (Å²) in [7, 11) is -11.0. The van der Waals surface area contributed by atoms with Crippen molar-refractivity contribution >= 4 is 73.5 Å². The Hall–Kier alpha value is -6.86. The summed E-state index contributed by atoms with van der Waals surface area (Å²) >= 11 is 0. The van der Waals surface area contributed by atoms with Crippen molar-refractivity contribution in [3.8, 4) is 0 Å². The number of carbonyl (C=O) groups excluding carboxylic acids is 3. The molecule has 0 amide bonds. The number of carbonyl (C=O) groups is 3. The topological polar surface area (TPSA) is 154 Å². The molecule has 5 aromatic rings. The van der Waals surface area contributed by atoms with Crippen molar-refractivity contribution in [1.29, 1.82) is 0 Å². The first-order valence-corrected chi connectivity index (χ1v) is 24.5. The van der Waals surface area contributed by atoms with Gasteiger partial charge in [0.1, 0.15) is 0 Å². The SMILES string of the molecule is COC(=O)c1ccc(/C=C/c2ccc3c(c2)C(=O)CCC3(C)C)cc1.COC(=O)c1ccc(/C=C/c2ccc3c(c2)C(C)=CCC3(C)C)cc1.O=S(=O)(N(c1ccccn1)S(=O)(=O)C(F)(F)F)C(F)(F)F. The second-order valence-corrected chi connectivity index (χ2v) is 21.4. The van der Waals surface area contributed by atoms with Crippen LogP contribution in [0.15, 0.2) is 115 Å². The predicted octanol–water partition coefficient (Wildman–Crippen LogP) is 12.2. The molecule has 0 saturated heterocycles. The van der Waals surface area contributed by atoms with Crippen molar-refractivity contribution in [3.05, 3.63) is 171 Å². The van der Waals surface area contributed by atoms with E-state index in [4.69, 9.17) is 9.47 Å². The van der Waals surface area contributed by atoms with Crippen LogP contribution in [0.4, 0.5) is 32.2 Å². The third-order valence-corrected chi connectivity index (χ3v) is 15.2. The van der Waals surface area contributed by atoms with Crippen molar-refractivity contribution < 1.29 is 67.0 Å². The lowest BCUT2D eigenvalue weighted by Crippen LogP contribution is -2.49. The van der Waals surface area contributed by atoms with Crippen molar-refractivity contribution in [2.24, 2.45) is 0 Å². The number of hydrogen-bond acceptors (Lipinski definition) is 10. The smallest absolute Gasteiger partial charge is 0.465 e. The quantitative estimate of drug-likeness (QED) is 0.0791. The standard InChI is InChI=1S/C23H24O2.C22H22O3.C7H4F6N2O4S2/c1-16-13-14-23(2,3)21-12-9-18(15-20(16)21)6-5-17-7-10-19(11-8-17)22(24)25-4;1-22(2)13-12-20(23)18-14-16(8-11-19(18)22)5-4-15-6-9-17(10-7-15)21(24)25-3;8-6(9,10)20(16,17)15(5-3-1-2-4-14-5)21(18,19)7(11,12)13/h5-13,15H,14H2,1-4H3;4-11,14H,12-13H2,1-3H3;1-4H/b6-5+;5-4+;. The Balaban J connectivity index is 0.000000199. The van der Waals surface area contributed by atoms with Crippen molar-refractivity contribution in [2.45, 2.75) is 75.7 Å². The van der Waals surface area contributed by atoms with Crippen LogP contribution < -0.4 is 3.71 Å².